The van der Waals surface area contributed by atoms with Crippen LogP contribution in [0, 0.1) is 51.2 Å². The standard InChI is InChI=1S/C18H16N10/c1-12(18-11-25-14(3-20)9-27-18)28-17(5-22)16(4-21)26-10-15-8-23-6-13(2-19)7-24-15/h7-9,11-14,23,25H,6,10H2,1H3. The van der Waals surface area contributed by atoms with Crippen molar-refractivity contribution in [3.8, 4) is 24.3 Å². The van der Waals surface area contributed by atoms with E-state index in [0.29, 0.717) is 17.9 Å². The van der Waals surface area contributed by atoms with Crippen LogP contribution in [-0.4, -0.2) is 49.0 Å². The Morgan fingerprint density at radius 2 is 1.93 bits per heavy atom. The molecule has 0 aliphatic carbocycles. The lowest BCUT2D eigenvalue weighted by Crippen LogP contribution is -2.28. The van der Waals surface area contributed by atoms with Gasteiger partial charge in [0.1, 0.15) is 18.2 Å². The fourth-order valence-electron chi connectivity index (χ4n) is 2.19. The summed E-state index contributed by atoms with van der Waals surface area (Å²) in [6, 6.07) is 6.85. The molecule has 138 valence electrons. The minimum atomic E-state index is -0.509. The highest BCUT2D eigenvalue weighted by atomic mass is 15.0. The summed E-state index contributed by atoms with van der Waals surface area (Å²) in [5.74, 6) is -0.344. The largest absolute Gasteiger partial charge is 0.388 e. The highest BCUT2D eigenvalue weighted by molar-refractivity contribution is 6.53. The SMILES string of the molecule is CC(N=C(C#N)C(C#N)=NCC1=CNCC(C#N)C=N1)C1=CNC(C#N)C=N1. The van der Waals surface area contributed by atoms with Crippen molar-refractivity contribution >= 4 is 23.9 Å². The first-order valence-corrected chi connectivity index (χ1v) is 8.30. The number of nitriles is 4. The lowest BCUT2D eigenvalue weighted by atomic mass is 10.2. The molecule has 0 aromatic heterocycles. The molecule has 0 aromatic carbocycles. The molecule has 0 bridgehead atoms. The molecule has 3 unspecified atom stereocenters. The molecule has 2 rings (SSSR count). The molecule has 3 atom stereocenters. The van der Waals surface area contributed by atoms with Gasteiger partial charge in [0.05, 0.1) is 42.0 Å². The van der Waals surface area contributed by atoms with Crippen LogP contribution in [0.25, 0.3) is 0 Å². The second kappa shape index (κ2) is 10.0. The van der Waals surface area contributed by atoms with E-state index in [1.807, 2.05) is 18.2 Å². The molecule has 0 fully saturated rings. The maximum atomic E-state index is 9.38. The number of nitrogens with one attached hydrogen (secondary N) is 2. The third kappa shape index (κ3) is 5.36. The molecule has 0 saturated heterocycles. The van der Waals surface area contributed by atoms with Gasteiger partial charge in [-0.1, -0.05) is 0 Å². The fourth-order valence-corrected chi connectivity index (χ4v) is 2.19. The van der Waals surface area contributed by atoms with Gasteiger partial charge in [-0.25, -0.2) is 0 Å². The molecular formula is C18H16N10. The van der Waals surface area contributed by atoms with Crippen LogP contribution in [0.15, 0.2) is 43.8 Å². The Balaban J connectivity index is 2.14. The van der Waals surface area contributed by atoms with Crippen LogP contribution < -0.4 is 10.6 Å². The van der Waals surface area contributed by atoms with E-state index >= 15 is 0 Å². The van der Waals surface area contributed by atoms with E-state index in [4.69, 9.17) is 10.5 Å². The zero-order chi connectivity index (χ0) is 20.4. The first-order chi connectivity index (χ1) is 13.6. The number of hydrogen-bond donors (Lipinski definition) is 2. The Morgan fingerprint density at radius 3 is 2.54 bits per heavy atom. The van der Waals surface area contributed by atoms with Gasteiger partial charge in [-0.15, -0.1) is 0 Å². The average molecular weight is 372 g/mol. The van der Waals surface area contributed by atoms with Crippen LogP contribution in [-0.2, 0) is 0 Å². The second-order valence-corrected chi connectivity index (χ2v) is 5.72. The minimum Gasteiger partial charge on any atom is -0.388 e. The van der Waals surface area contributed by atoms with Gasteiger partial charge in [0.25, 0.3) is 0 Å². The molecule has 0 amide bonds. The van der Waals surface area contributed by atoms with Crippen LogP contribution in [0.1, 0.15) is 6.92 Å². The Kier molecular flexibility index (Phi) is 7.16. The quantitative estimate of drug-likeness (QED) is 0.660. The minimum absolute atomic E-state index is 0.0614. The molecule has 2 heterocycles. The molecule has 0 radical (unpaired) electrons. The van der Waals surface area contributed by atoms with Gasteiger partial charge < -0.3 is 10.6 Å². The van der Waals surface area contributed by atoms with Gasteiger partial charge in [0.2, 0.25) is 0 Å². The number of nitrogens with zero attached hydrogens (tertiary/aromatic N) is 8. The third-order valence-corrected chi connectivity index (χ3v) is 3.70. The lowest BCUT2D eigenvalue weighted by Gasteiger charge is -2.14. The van der Waals surface area contributed by atoms with Crippen molar-refractivity contribution in [2.75, 3.05) is 13.1 Å². The molecule has 0 saturated carbocycles. The van der Waals surface area contributed by atoms with Crippen molar-refractivity contribution in [1.82, 2.24) is 10.6 Å². The summed E-state index contributed by atoms with van der Waals surface area (Å²) in [6.45, 7) is 2.22. The molecule has 2 aliphatic heterocycles. The van der Waals surface area contributed by atoms with E-state index in [0.717, 1.165) is 0 Å². The molecule has 28 heavy (non-hydrogen) atoms. The zero-order valence-corrected chi connectivity index (χ0v) is 15.0. The maximum absolute atomic E-state index is 9.38. The van der Waals surface area contributed by atoms with Crippen LogP contribution in [0.4, 0.5) is 0 Å². The zero-order valence-electron chi connectivity index (χ0n) is 15.0. The summed E-state index contributed by atoms with van der Waals surface area (Å²) in [4.78, 5) is 16.7. The molecule has 2 aliphatic rings. The van der Waals surface area contributed by atoms with E-state index in [-0.39, 0.29) is 23.9 Å². The predicted octanol–water partition coefficient (Wildman–Crippen LogP) is 0.367. The van der Waals surface area contributed by atoms with Crippen molar-refractivity contribution in [2.45, 2.75) is 19.0 Å². The summed E-state index contributed by atoms with van der Waals surface area (Å²) in [5.41, 5.74) is 0.825. The van der Waals surface area contributed by atoms with E-state index in [9.17, 15) is 10.5 Å². The average Bonchev–Trinajstić information content (AvgIpc) is 2.98. The van der Waals surface area contributed by atoms with Crippen molar-refractivity contribution in [1.29, 1.82) is 21.0 Å². The molecule has 0 spiro atoms. The summed E-state index contributed by atoms with van der Waals surface area (Å²) in [7, 11) is 0. The van der Waals surface area contributed by atoms with Gasteiger partial charge in [0.15, 0.2) is 11.4 Å². The third-order valence-electron chi connectivity index (χ3n) is 3.70. The molecule has 0 aromatic rings. The Hall–Kier alpha value is -4.28. The van der Waals surface area contributed by atoms with Gasteiger partial charge in [-0.3, -0.25) is 20.0 Å². The lowest BCUT2D eigenvalue weighted by molar-refractivity contribution is 0.785. The molecule has 2 N–H and O–H groups in total. The molecule has 10 heteroatoms. The van der Waals surface area contributed by atoms with E-state index < -0.39 is 12.1 Å². The van der Waals surface area contributed by atoms with Crippen LogP contribution in [0.2, 0.25) is 0 Å². The van der Waals surface area contributed by atoms with Gasteiger partial charge in [0, 0.05) is 31.4 Å². The van der Waals surface area contributed by atoms with Crippen LogP contribution >= 0.6 is 0 Å². The Morgan fingerprint density at radius 1 is 1.14 bits per heavy atom. The van der Waals surface area contributed by atoms with Crippen LogP contribution in [0.5, 0.6) is 0 Å². The van der Waals surface area contributed by atoms with Crippen molar-refractivity contribution < 1.29 is 0 Å². The highest BCUT2D eigenvalue weighted by Gasteiger charge is 2.16. The summed E-state index contributed by atoms with van der Waals surface area (Å²) >= 11 is 0. The number of aliphatic imine (C=N–C) groups is 4. The number of rotatable bonds is 5. The first-order valence-electron chi connectivity index (χ1n) is 8.30. The summed E-state index contributed by atoms with van der Waals surface area (Å²) in [6.07, 6.45) is 6.15. The van der Waals surface area contributed by atoms with Crippen LogP contribution in [0.3, 0.4) is 0 Å². The van der Waals surface area contributed by atoms with Gasteiger partial charge in [-0.05, 0) is 6.92 Å². The van der Waals surface area contributed by atoms with E-state index in [1.54, 1.807) is 19.3 Å². The second-order valence-electron chi connectivity index (χ2n) is 5.72. The highest BCUT2D eigenvalue weighted by Crippen LogP contribution is 2.11. The van der Waals surface area contributed by atoms with E-state index in [2.05, 4.69) is 36.7 Å². The van der Waals surface area contributed by atoms with Crippen molar-refractivity contribution in [2.24, 2.45) is 25.9 Å². The topological polar surface area (TPSA) is 169 Å². The number of hydrogen-bond acceptors (Lipinski definition) is 10. The van der Waals surface area contributed by atoms with Crippen molar-refractivity contribution in [3.63, 3.8) is 0 Å². The fraction of sp³-hybridized carbons (Fsp3) is 0.333. The van der Waals surface area contributed by atoms with Gasteiger partial charge in [-0.2, -0.15) is 21.0 Å². The smallest absolute Gasteiger partial charge is 0.172 e. The normalized spacial score (nSPS) is 22.6. The van der Waals surface area contributed by atoms with Crippen molar-refractivity contribution in [3.05, 3.63) is 23.8 Å². The molecule has 10 nitrogen and oxygen atoms in total. The summed E-state index contributed by atoms with van der Waals surface area (Å²) in [5, 5.41) is 42.3. The Labute approximate surface area is 162 Å². The molecular weight excluding hydrogens is 356 g/mol. The maximum Gasteiger partial charge on any atom is 0.172 e. The monoisotopic (exact) mass is 372 g/mol. The first kappa shape index (κ1) is 20.0. The Bertz CT molecular complexity index is 952. The van der Waals surface area contributed by atoms with E-state index in [1.165, 1.54) is 12.4 Å². The predicted molar refractivity (Wildman–Crippen MR) is 103 cm³/mol. The van der Waals surface area contributed by atoms with Gasteiger partial charge >= 0.3 is 0 Å². The summed E-state index contributed by atoms with van der Waals surface area (Å²) < 4.78 is 0.